The molecule has 0 aliphatic heterocycles. The van der Waals surface area contributed by atoms with Crippen LogP contribution in [0.3, 0.4) is 0 Å². The second-order valence-corrected chi connectivity index (χ2v) is 5.86. The molecule has 3 aromatic rings. The molecule has 114 valence electrons. The van der Waals surface area contributed by atoms with Crippen LogP contribution in [0.5, 0.6) is 0 Å². The molecular weight excluding hydrogens is 280 g/mol. The van der Waals surface area contributed by atoms with Gasteiger partial charge in [-0.15, -0.1) is 0 Å². The van der Waals surface area contributed by atoms with Crippen LogP contribution in [0.1, 0.15) is 23.6 Å². The second kappa shape index (κ2) is 6.62. The molecule has 0 bridgehead atoms. The second-order valence-electron chi connectivity index (χ2n) is 5.86. The molecule has 0 heterocycles. The number of carbonyl (C=O) groups is 1. The van der Waals surface area contributed by atoms with Gasteiger partial charge in [0.2, 0.25) is 0 Å². The number of Topliss-reactive ketones (excluding diaryl/α,β-unsaturated/α-hetero) is 1. The van der Waals surface area contributed by atoms with E-state index in [4.69, 9.17) is 0 Å². The third kappa shape index (κ3) is 2.95. The van der Waals surface area contributed by atoms with Gasteiger partial charge in [-0.05, 0) is 30.0 Å². The van der Waals surface area contributed by atoms with Gasteiger partial charge in [-0.1, -0.05) is 91.0 Å². The fraction of sp³-hybridized carbons (Fsp3) is 0.136. The first-order valence-corrected chi connectivity index (χ1v) is 7.89. The van der Waals surface area contributed by atoms with Gasteiger partial charge in [-0.2, -0.15) is 0 Å². The van der Waals surface area contributed by atoms with Gasteiger partial charge in [0, 0.05) is 0 Å². The fourth-order valence-corrected chi connectivity index (χ4v) is 3.25. The normalized spacial score (nSPS) is 11.2. The molecular formula is C22H20O. The van der Waals surface area contributed by atoms with E-state index in [1.165, 1.54) is 0 Å². The summed E-state index contributed by atoms with van der Waals surface area (Å²) in [6.07, 6.45) is 0.664. The van der Waals surface area contributed by atoms with Crippen LogP contribution in [0.2, 0.25) is 0 Å². The molecule has 0 spiro atoms. The lowest BCUT2D eigenvalue weighted by atomic mass is 9.68. The summed E-state index contributed by atoms with van der Waals surface area (Å²) in [6, 6.07) is 30.4. The van der Waals surface area contributed by atoms with Crippen LogP contribution in [-0.2, 0) is 16.6 Å². The van der Waals surface area contributed by atoms with Crippen molar-refractivity contribution in [3.05, 3.63) is 108 Å². The summed E-state index contributed by atoms with van der Waals surface area (Å²) in [6.45, 7) is 1.70. The Morgan fingerprint density at radius 2 is 1.09 bits per heavy atom. The highest BCUT2D eigenvalue weighted by Crippen LogP contribution is 2.36. The Bertz CT molecular complexity index is 721. The SMILES string of the molecule is CC(=O)C(Cc1ccccc1)(c1ccccc1)c1ccccc1. The third-order valence-electron chi connectivity index (χ3n) is 4.45. The topological polar surface area (TPSA) is 17.1 Å². The van der Waals surface area contributed by atoms with Gasteiger partial charge < -0.3 is 0 Å². The first kappa shape index (κ1) is 15.2. The van der Waals surface area contributed by atoms with Crippen molar-refractivity contribution in [3.63, 3.8) is 0 Å². The van der Waals surface area contributed by atoms with Gasteiger partial charge >= 0.3 is 0 Å². The molecule has 3 rings (SSSR count). The van der Waals surface area contributed by atoms with E-state index in [-0.39, 0.29) is 5.78 Å². The summed E-state index contributed by atoms with van der Waals surface area (Å²) in [5, 5.41) is 0. The lowest BCUT2D eigenvalue weighted by molar-refractivity contribution is -0.121. The van der Waals surface area contributed by atoms with Crippen LogP contribution < -0.4 is 0 Å². The molecule has 23 heavy (non-hydrogen) atoms. The number of hydrogen-bond donors (Lipinski definition) is 0. The van der Waals surface area contributed by atoms with Gasteiger partial charge in [0.15, 0.2) is 0 Å². The lowest BCUT2D eigenvalue weighted by Gasteiger charge is -2.33. The molecule has 0 N–H and O–H groups in total. The Morgan fingerprint density at radius 1 is 0.696 bits per heavy atom. The summed E-state index contributed by atoms with van der Waals surface area (Å²) in [5.74, 6) is 0.166. The van der Waals surface area contributed by atoms with E-state index in [1.807, 2.05) is 54.6 Å². The van der Waals surface area contributed by atoms with Crippen molar-refractivity contribution >= 4 is 5.78 Å². The number of hydrogen-bond acceptors (Lipinski definition) is 1. The average Bonchev–Trinajstić information content (AvgIpc) is 2.62. The van der Waals surface area contributed by atoms with E-state index < -0.39 is 5.41 Å². The van der Waals surface area contributed by atoms with Crippen LogP contribution in [0.25, 0.3) is 0 Å². The molecule has 0 saturated heterocycles. The molecule has 1 heteroatoms. The third-order valence-corrected chi connectivity index (χ3v) is 4.45. The number of carbonyl (C=O) groups excluding carboxylic acids is 1. The van der Waals surface area contributed by atoms with Crippen LogP contribution in [-0.4, -0.2) is 5.78 Å². The van der Waals surface area contributed by atoms with E-state index in [0.717, 1.165) is 16.7 Å². The van der Waals surface area contributed by atoms with Gasteiger partial charge in [0.25, 0.3) is 0 Å². The first-order valence-electron chi connectivity index (χ1n) is 7.89. The summed E-state index contributed by atoms with van der Waals surface area (Å²) in [4.78, 5) is 12.9. The molecule has 0 saturated carbocycles. The predicted molar refractivity (Wildman–Crippen MR) is 94.5 cm³/mol. The largest absolute Gasteiger partial charge is 0.299 e. The molecule has 0 atom stereocenters. The van der Waals surface area contributed by atoms with E-state index >= 15 is 0 Å². The average molecular weight is 300 g/mol. The highest BCUT2D eigenvalue weighted by atomic mass is 16.1. The Balaban J connectivity index is 2.21. The Labute approximate surface area is 137 Å². The van der Waals surface area contributed by atoms with Crippen molar-refractivity contribution in [1.29, 1.82) is 0 Å². The number of ketones is 1. The molecule has 0 fully saturated rings. The Hall–Kier alpha value is -2.67. The zero-order valence-electron chi connectivity index (χ0n) is 13.3. The van der Waals surface area contributed by atoms with Crippen molar-refractivity contribution in [2.75, 3.05) is 0 Å². The number of rotatable bonds is 5. The maximum Gasteiger partial charge on any atom is 0.145 e. The van der Waals surface area contributed by atoms with E-state index in [9.17, 15) is 4.79 Å². The molecule has 0 aliphatic carbocycles. The van der Waals surface area contributed by atoms with Gasteiger partial charge in [0.05, 0.1) is 5.41 Å². The fourth-order valence-electron chi connectivity index (χ4n) is 3.25. The molecule has 1 nitrogen and oxygen atoms in total. The van der Waals surface area contributed by atoms with Crippen molar-refractivity contribution in [2.45, 2.75) is 18.8 Å². The van der Waals surface area contributed by atoms with Crippen LogP contribution in [0, 0.1) is 0 Å². The van der Waals surface area contributed by atoms with Crippen molar-refractivity contribution in [2.24, 2.45) is 0 Å². The van der Waals surface area contributed by atoms with E-state index in [0.29, 0.717) is 6.42 Å². The lowest BCUT2D eigenvalue weighted by Crippen LogP contribution is -2.38. The minimum atomic E-state index is -0.649. The van der Waals surface area contributed by atoms with Gasteiger partial charge in [0.1, 0.15) is 5.78 Å². The van der Waals surface area contributed by atoms with Crippen molar-refractivity contribution < 1.29 is 4.79 Å². The standard InChI is InChI=1S/C22H20O/c1-18(23)22(20-13-7-3-8-14-20,21-15-9-4-10-16-21)17-19-11-5-2-6-12-19/h2-16H,17H2,1H3. The van der Waals surface area contributed by atoms with E-state index in [2.05, 4.69) is 36.4 Å². The number of benzene rings is 3. The first-order chi connectivity index (χ1) is 11.2. The summed E-state index contributed by atoms with van der Waals surface area (Å²) >= 11 is 0. The minimum absolute atomic E-state index is 0.166. The smallest absolute Gasteiger partial charge is 0.145 e. The predicted octanol–water partition coefficient (Wildman–Crippen LogP) is 4.80. The molecule has 3 aromatic carbocycles. The van der Waals surface area contributed by atoms with Gasteiger partial charge in [-0.3, -0.25) is 4.79 Å². The summed E-state index contributed by atoms with van der Waals surface area (Å²) in [5.41, 5.74) is 2.60. The maximum atomic E-state index is 12.9. The highest BCUT2D eigenvalue weighted by molar-refractivity contribution is 5.92. The van der Waals surface area contributed by atoms with Crippen LogP contribution in [0.15, 0.2) is 91.0 Å². The van der Waals surface area contributed by atoms with E-state index in [1.54, 1.807) is 6.92 Å². The minimum Gasteiger partial charge on any atom is -0.299 e. The van der Waals surface area contributed by atoms with Crippen molar-refractivity contribution in [3.8, 4) is 0 Å². The molecule has 0 amide bonds. The Morgan fingerprint density at radius 3 is 1.48 bits per heavy atom. The quantitative estimate of drug-likeness (QED) is 0.661. The maximum absolute atomic E-state index is 12.9. The molecule has 0 radical (unpaired) electrons. The Kier molecular flexibility index (Phi) is 4.38. The highest BCUT2D eigenvalue weighted by Gasteiger charge is 2.39. The van der Waals surface area contributed by atoms with Gasteiger partial charge in [-0.25, -0.2) is 0 Å². The summed E-state index contributed by atoms with van der Waals surface area (Å²) < 4.78 is 0. The van der Waals surface area contributed by atoms with Crippen LogP contribution in [0.4, 0.5) is 0 Å². The molecule has 0 unspecified atom stereocenters. The zero-order valence-corrected chi connectivity index (χ0v) is 13.3. The zero-order chi connectivity index (χ0) is 16.1. The molecule has 0 aliphatic rings. The van der Waals surface area contributed by atoms with Crippen LogP contribution >= 0.6 is 0 Å². The molecule has 0 aromatic heterocycles. The van der Waals surface area contributed by atoms with Crippen molar-refractivity contribution in [1.82, 2.24) is 0 Å². The summed E-state index contributed by atoms with van der Waals surface area (Å²) in [7, 11) is 0. The monoisotopic (exact) mass is 300 g/mol.